The minimum atomic E-state index is -0.544. The van der Waals surface area contributed by atoms with Gasteiger partial charge in [-0.3, -0.25) is 20.4 Å². The minimum absolute atomic E-state index is 0.180. The zero-order valence-electron chi connectivity index (χ0n) is 14.3. The number of aryl methyl sites for hydroxylation is 1. The van der Waals surface area contributed by atoms with Crippen molar-refractivity contribution in [3.8, 4) is 11.5 Å². The van der Waals surface area contributed by atoms with Gasteiger partial charge in [-0.25, -0.2) is 0 Å². The lowest BCUT2D eigenvalue weighted by Gasteiger charge is -2.10. The summed E-state index contributed by atoms with van der Waals surface area (Å²) >= 11 is 11.8. The Labute approximate surface area is 161 Å². The van der Waals surface area contributed by atoms with Crippen LogP contribution >= 0.6 is 23.2 Å². The third-order valence-corrected chi connectivity index (χ3v) is 4.14. The van der Waals surface area contributed by atoms with E-state index in [0.29, 0.717) is 22.9 Å². The zero-order chi connectivity index (χ0) is 19.1. The fourth-order valence-corrected chi connectivity index (χ4v) is 2.60. The first-order valence-electron chi connectivity index (χ1n) is 7.69. The van der Waals surface area contributed by atoms with Crippen LogP contribution in [0.3, 0.4) is 0 Å². The van der Waals surface area contributed by atoms with Crippen molar-refractivity contribution in [2.75, 3.05) is 14.2 Å². The molecule has 138 valence electrons. The molecule has 2 amide bonds. The summed E-state index contributed by atoms with van der Waals surface area (Å²) in [5, 5.41) is 0.616. The summed E-state index contributed by atoms with van der Waals surface area (Å²) in [7, 11) is 3.10. The number of hydrogen-bond acceptors (Lipinski definition) is 4. The molecule has 0 saturated carbocycles. The lowest BCUT2D eigenvalue weighted by molar-refractivity contribution is -0.121. The second-order valence-corrected chi connectivity index (χ2v) is 6.16. The van der Waals surface area contributed by atoms with Crippen LogP contribution in [0.25, 0.3) is 0 Å². The molecule has 0 aliphatic heterocycles. The molecule has 8 heteroatoms. The van der Waals surface area contributed by atoms with Crippen LogP contribution in [0.4, 0.5) is 0 Å². The zero-order valence-corrected chi connectivity index (χ0v) is 15.8. The number of halogens is 2. The van der Waals surface area contributed by atoms with Gasteiger partial charge in [0.05, 0.1) is 24.8 Å². The topological polar surface area (TPSA) is 76.7 Å². The van der Waals surface area contributed by atoms with Gasteiger partial charge in [0.15, 0.2) is 11.5 Å². The first-order valence-corrected chi connectivity index (χ1v) is 8.45. The van der Waals surface area contributed by atoms with Gasteiger partial charge in [-0.2, -0.15) is 0 Å². The highest BCUT2D eigenvalue weighted by Gasteiger charge is 2.12. The van der Waals surface area contributed by atoms with Gasteiger partial charge in [0.1, 0.15) is 0 Å². The molecule has 0 aliphatic carbocycles. The average molecular weight is 397 g/mol. The highest BCUT2D eigenvalue weighted by molar-refractivity contribution is 6.35. The maximum absolute atomic E-state index is 12.1. The number of amides is 2. The molecule has 0 aromatic heterocycles. The molecule has 2 aromatic rings. The van der Waals surface area contributed by atoms with Crippen molar-refractivity contribution < 1.29 is 19.1 Å². The summed E-state index contributed by atoms with van der Waals surface area (Å²) < 4.78 is 10.4. The second kappa shape index (κ2) is 9.31. The largest absolute Gasteiger partial charge is 0.493 e. The number of carbonyl (C=O) groups is 2. The van der Waals surface area contributed by atoms with Gasteiger partial charge in [-0.1, -0.05) is 29.3 Å². The third kappa shape index (κ3) is 5.28. The Morgan fingerprint density at radius 3 is 2.38 bits per heavy atom. The minimum Gasteiger partial charge on any atom is -0.493 e. The number of rotatable bonds is 6. The fourth-order valence-electron chi connectivity index (χ4n) is 2.22. The Kier molecular flexibility index (Phi) is 7.12. The lowest BCUT2D eigenvalue weighted by atomic mass is 10.1. The van der Waals surface area contributed by atoms with E-state index in [-0.39, 0.29) is 22.9 Å². The van der Waals surface area contributed by atoms with Gasteiger partial charge in [0.25, 0.3) is 5.91 Å². The van der Waals surface area contributed by atoms with Gasteiger partial charge < -0.3 is 9.47 Å². The molecule has 0 radical (unpaired) electrons. The Morgan fingerprint density at radius 2 is 1.69 bits per heavy atom. The SMILES string of the molecule is COc1ccc(CCC(=O)NNC(=O)c2cc(Cl)ccc2Cl)cc1OC. The van der Waals surface area contributed by atoms with Gasteiger partial charge in [-0.05, 0) is 42.3 Å². The van der Waals surface area contributed by atoms with Gasteiger partial charge in [0, 0.05) is 11.4 Å². The Balaban J connectivity index is 1.87. The maximum atomic E-state index is 12.1. The Hall–Kier alpha value is -2.44. The van der Waals surface area contributed by atoms with Crippen LogP contribution < -0.4 is 20.3 Å². The van der Waals surface area contributed by atoms with E-state index >= 15 is 0 Å². The molecule has 0 spiro atoms. The molecule has 0 bridgehead atoms. The summed E-state index contributed by atoms with van der Waals surface area (Å²) in [4.78, 5) is 24.0. The normalized spacial score (nSPS) is 10.2. The predicted molar refractivity (Wildman–Crippen MR) is 99.9 cm³/mol. The van der Waals surface area contributed by atoms with Crippen molar-refractivity contribution in [3.05, 3.63) is 57.6 Å². The van der Waals surface area contributed by atoms with Crippen LogP contribution in [-0.2, 0) is 11.2 Å². The predicted octanol–water partition coefficient (Wildman–Crippen LogP) is 3.40. The van der Waals surface area contributed by atoms with Crippen LogP contribution in [0.5, 0.6) is 11.5 Å². The van der Waals surface area contributed by atoms with Crippen LogP contribution in [0.15, 0.2) is 36.4 Å². The molecular formula is C18H18Cl2N2O4. The smallest absolute Gasteiger partial charge is 0.271 e. The quantitative estimate of drug-likeness (QED) is 0.733. The highest BCUT2D eigenvalue weighted by atomic mass is 35.5. The number of hydrogen-bond donors (Lipinski definition) is 2. The van der Waals surface area contributed by atoms with E-state index in [1.807, 2.05) is 6.07 Å². The molecule has 2 rings (SSSR count). The third-order valence-electron chi connectivity index (χ3n) is 3.58. The summed E-state index contributed by atoms with van der Waals surface area (Å²) in [6.45, 7) is 0. The average Bonchev–Trinajstić information content (AvgIpc) is 2.65. The van der Waals surface area contributed by atoms with E-state index in [4.69, 9.17) is 32.7 Å². The molecule has 0 saturated heterocycles. The van der Waals surface area contributed by atoms with Crippen LogP contribution in [0.2, 0.25) is 10.0 Å². The second-order valence-electron chi connectivity index (χ2n) is 5.32. The van der Waals surface area contributed by atoms with E-state index in [1.54, 1.807) is 32.4 Å². The summed E-state index contributed by atoms with van der Waals surface area (Å²) in [6, 6.07) is 9.93. The fraction of sp³-hybridized carbons (Fsp3) is 0.222. The molecule has 0 fully saturated rings. The van der Waals surface area contributed by atoms with Crippen molar-refractivity contribution in [1.29, 1.82) is 0 Å². The summed E-state index contributed by atoms with van der Waals surface area (Å²) in [6.07, 6.45) is 0.652. The molecule has 0 aliphatic rings. The molecule has 0 unspecified atom stereocenters. The molecule has 0 atom stereocenters. The van der Waals surface area contributed by atoms with E-state index in [2.05, 4.69) is 10.9 Å². The highest BCUT2D eigenvalue weighted by Crippen LogP contribution is 2.28. The van der Waals surface area contributed by atoms with E-state index in [0.717, 1.165) is 5.56 Å². The molecule has 26 heavy (non-hydrogen) atoms. The number of nitrogens with one attached hydrogen (secondary N) is 2. The number of benzene rings is 2. The summed E-state index contributed by atoms with van der Waals surface area (Å²) in [5.41, 5.74) is 5.76. The standard InChI is InChI=1S/C18H18Cl2N2O4/c1-25-15-7-3-11(9-16(15)26-2)4-8-17(23)21-22-18(24)13-10-12(19)5-6-14(13)20/h3,5-7,9-10H,4,8H2,1-2H3,(H,21,23)(H,22,24). The van der Waals surface area contributed by atoms with Crippen molar-refractivity contribution in [2.45, 2.75) is 12.8 Å². The first kappa shape index (κ1) is 19.9. The Bertz CT molecular complexity index is 812. The summed E-state index contributed by atoms with van der Waals surface area (Å²) in [5.74, 6) is 0.323. The molecular weight excluding hydrogens is 379 g/mol. The van der Waals surface area contributed by atoms with E-state index in [1.165, 1.54) is 12.1 Å². The number of ether oxygens (including phenoxy) is 2. The van der Waals surface area contributed by atoms with Crippen molar-refractivity contribution in [3.63, 3.8) is 0 Å². The van der Waals surface area contributed by atoms with Crippen LogP contribution in [0.1, 0.15) is 22.3 Å². The first-order chi connectivity index (χ1) is 12.4. The van der Waals surface area contributed by atoms with Crippen molar-refractivity contribution in [1.82, 2.24) is 10.9 Å². The van der Waals surface area contributed by atoms with Crippen molar-refractivity contribution in [2.24, 2.45) is 0 Å². The van der Waals surface area contributed by atoms with E-state index < -0.39 is 5.91 Å². The van der Waals surface area contributed by atoms with E-state index in [9.17, 15) is 9.59 Å². The lowest BCUT2D eigenvalue weighted by Crippen LogP contribution is -2.41. The van der Waals surface area contributed by atoms with Gasteiger partial charge in [0.2, 0.25) is 5.91 Å². The monoisotopic (exact) mass is 396 g/mol. The van der Waals surface area contributed by atoms with Gasteiger partial charge >= 0.3 is 0 Å². The molecule has 6 nitrogen and oxygen atoms in total. The molecule has 0 heterocycles. The van der Waals surface area contributed by atoms with Crippen molar-refractivity contribution >= 4 is 35.0 Å². The number of methoxy groups -OCH3 is 2. The van der Waals surface area contributed by atoms with Gasteiger partial charge in [-0.15, -0.1) is 0 Å². The molecule has 2 aromatic carbocycles. The molecule has 2 N–H and O–H groups in total. The number of carbonyl (C=O) groups excluding carboxylic acids is 2. The Morgan fingerprint density at radius 1 is 0.962 bits per heavy atom. The van der Waals surface area contributed by atoms with Crippen LogP contribution in [0, 0.1) is 0 Å². The van der Waals surface area contributed by atoms with Crippen LogP contribution in [-0.4, -0.2) is 26.0 Å². The number of hydrazine groups is 1. The maximum Gasteiger partial charge on any atom is 0.271 e.